The van der Waals surface area contributed by atoms with E-state index in [-0.39, 0.29) is 19.1 Å². The van der Waals surface area contributed by atoms with Crippen LogP contribution in [0.5, 0.6) is 5.75 Å². The lowest BCUT2D eigenvalue weighted by Gasteiger charge is -2.17. The quantitative estimate of drug-likeness (QED) is 0.555. The standard InChI is InChI=1S/C18H27ClN6O2/c1-3-24(4-2)12-8-7-11-20-18(26)13-25-17(21-22-23-25)14-27-16-10-6-5-9-15(16)19/h5-6,9-10H,3-4,7-8,11-14H2,1-2H3,(H,20,26). The number of nitrogens with one attached hydrogen (secondary N) is 1. The van der Waals surface area contributed by atoms with Crippen molar-refractivity contribution in [3.63, 3.8) is 0 Å². The number of carbonyl (C=O) groups is 1. The van der Waals surface area contributed by atoms with Gasteiger partial charge >= 0.3 is 0 Å². The fraction of sp³-hybridized carbons (Fsp3) is 0.556. The predicted molar refractivity (Wildman–Crippen MR) is 104 cm³/mol. The molecule has 1 amide bonds. The van der Waals surface area contributed by atoms with Crippen molar-refractivity contribution in [3.8, 4) is 5.75 Å². The predicted octanol–water partition coefficient (Wildman–Crippen LogP) is 2.14. The van der Waals surface area contributed by atoms with Gasteiger partial charge in [-0.3, -0.25) is 4.79 Å². The number of ether oxygens (including phenoxy) is 1. The Morgan fingerprint density at radius 2 is 2.04 bits per heavy atom. The number of hydrogen-bond acceptors (Lipinski definition) is 6. The molecule has 2 rings (SSSR count). The molecule has 0 bridgehead atoms. The lowest BCUT2D eigenvalue weighted by atomic mass is 10.3. The fourth-order valence-corrected chi connectivity index (χ4v) is 2.76. The largest absolute Gasteiger partial charge is 0.484 e. The van der Waals surface area contributed by atoms with E-state index >= 15 is 0 Å². The summed E-state index contributed by atoms with van der Waals surface area (Å²) in [6.45, 7) is 8.32. The molecule has 0 aliphatic heterocycles. The third-order valence-electron chi connectivity index (χ3n) is 4.21. The topological polar surface area (TPSA) is 85.2 Å². The van der Waals surface area contributed by atoms with Crippen LogP contribution in [0.15, 0.2) is 24.3 Å². The minimum Gasteiger partial charge on any atom is -0.484 e. The first-order chi connectivity index (χ1) is 13.1. The van der Waals surface area contributed by atoms with Crippen molar-refractivity contribution in [2.75, 3.05) is 26.2 Å². The van der Waals surface area contributed by atoms with Crippen molar-refractivity contribution in [2.24, 2.45) is 0 Å². The Labute approximate surface area is 164 Å². The van der Waals surface area contributed by atoms with Gasteiger partial charge in [-0.2, -0.15) is 0 Å². The second-order valence-electron chi connectivity index (χ2n) is 6.06. The number of para-hydroxylation sites is 1. The molecule has 0 saturated carbocycles. The van der Waals surface area contributed by atoms with Crippen LogP contribution in [0.1, 0.15) is 32.5 Å². The normalized spacial score (nSPS) is 11.0. The van der Waals surface area contributed by atoms with Gasteiger partial charge in [0.1, 0.15) is 18.9 Å². The van der Waals surface area contributed by atoms with Crippen LogP contribution in [0.2, 0.25) is 5.02 Å². The van der Waals surface area contributed by atoms with Crippen LogP contribution in [0.4, 0.5) is 0 Å². The molecule has 148 valence electrons. The third-order valence-corrected chi connectivity index (χ3v) is 4.52. The summed E-state index contributed by atoms with van der Waals surface area (Å²) in [5.41, 5.74) is 0. The number of hydrogen-bond donors (Lipinski definition) is 1. The molecule has 1 N–H and O–H groups in total. The summed E-state index contributed by atoms with van der Waals surface area (Å²) in [6, 6.07) is 7.17. The van der Waals surface area contributed by atoms with Crippen molar-refractivity contribution in [3.05, 3.63) is 35.1 Å². The number of carbonyl (C=O) groups excluding carboxylic acids is 1. The maximum atomic E-state index is 12.1. The van der Waals surface area contributed by atoms with Gasteiger partial charge in [-0.05, 0) is 55.0 Å². The summed E-state index contributed by atoms with van der Waals surface area (Å²) in [6.07, 6.45) is 2.00. The minimum absolute atomic E-state index is 0.0598. The summed E-state index contributed by atoms with van der Waals surface area (Å²) in [5, 5.41) is 14.8. The second kappa shape index (κ2) is 11.5. The van der Waals surface area contributed by atoms with E-state index in [1.165, 1.54) is 4.68 Å². The highest BCUT2D eigenvalue weighted by molar-refractivity contribution is 6.32. The number of rotatable bonds is 12. The van der Waals surface area contributed by atoms with E-state index < -0.39 is 0 Å². The van der Waals surface area contributed by atoms with Crippen LogP contribution in [0.3, 0.4) is 0 Å². The molecule has 1 aromatic carbocycles. The highest BCUT2D eigenvalue weighted by Gasteiger charge is 2.11. The first-order valence-electron chi connectivity index (χ1n) is 9.25. The van der Waals surface area contributed by atoms with Crippen molar-refractivity contribution < 1.29 is 9.53 Å². The molecule has 0 unspecified atom stereocenters. The number of aromatic nitrogens is 4. The van der Waals surface area contributed by atoms with E-state index in [1.54, 1.807) is 12.1 Å². The average molecular weight is 395 g/mol. The molecule has 9 heteroatoms. The molecule has 27 heavy (non-hydrogen) atoms. The summed E-state index contributed by atoms with van der Waals surface area (Å²) in [4.78, 5) is 14.5. The molecule has 2 aromatic rings. The minimum atomic E-state index is -0.121. The van der Waals surface area contributed by atoms with E-state index in [0.717, 1.165) is 32.5 Å². The Morgan fingerprint density at radius 3 is 2.78 bits per heavy atom. The summed E-state index contributed by atoms with van der Waals surface area (Å²) in [7, 11) is 0. The molecule has 0 aliphatic rings. The molecule has 0 fully saturated rings. The Kier molecular flexibility index (Phi) is 9.00. The van der Waals surface area contributed by atoms with Gasteiger partial charge in [0.2, 0.25) is 5.91 Å². The van der Waals surface area contributed by atoms with Crippen LogP contribution in [-0.2, 0) is 17.9 Å². The molecule has 0 saturated heterocycles. The van der Waals surface area contributed by atoms with Crippen molar-refractivity contribution >= 4 is 17.5 Å². The number of benzene rings is 1. The zero-order valence-corrected chi connectivity index (χ0v) is 16.7. The summed E-state index contributed by atoms with van der Waals surface area (Å²) >= 11 is 6.06. The Bertz CT molecular complexity index is 705. The molecule has 8 nitrogen and oxygen atoms in total. The van der Waals surface area contributed by atoms with Gasteiger partial charge in [0.15, 0.2) is 5.82 Å². The second-order valence-corrected chi connectivity index (χ2v) is 6.46. The van der Waals surface area contributed by atoms with E-state index in [0.29, 0.717) is 23.1 Å². The lowest BCUT2D eigenvalue weighted by molar-refractivity contribution is -0.121. The highest BCUT2D eigenvalue weighted by atomic mass is 35.5. The van der Waals surface area contributed by atoms with Crippen molar-refractivity contribution in [1.82, 2.24) is 30.4 Å². The Balaban J connectivity index is 1.72. The zero-order valence-electron chi connectivity index (χ0n) is 15.9. The third kappa shape index (κ3) is 7.15. The number of amides is 1. The molecule has 1 aromatic heterocycles. The summed E-state index contributed by atoms with van der Waals surface area (Å²) in [5.74, 6) is 0.891. The molecule has 0 radical (unpaired) electrons. The molecule has 0 aliphatic carbocycles. The van der Waals surface area contributed by atoms with Crippen LogP contribution in [0.25, 0.3) is 0 Å². The van der Waals surface area contributed by atoms with Gasteiger partial charge in [0.25, 0.3) is 0 Å². The number of tetrazole rings is 1. The van der Waals surface area contributed by atoms with Crippen molar-refractivity contribution in [2.45, 2.75) is 39.8 Å². The van der Waals surface area contributed by atoms with Crippen LogP contribution >= 0.6 is 11.6 Å². The Morgan fingerprint density at radius 1 is 1.26 bits per heavy atom. The van der Waals surface area contributed by atoms with Gasteiger partial charge in [0, 0.05) is 6.54 Å². The highest BCUT2D eigenvalue weighted by Crippen LogP contribution is 2.23. The van der Waals surface area contributed by atoms with Gasteiger partial charge in [0.05, 0.1) is 5.02 Å². The van der Waals surface area contributed by atoms with Crippen LogP contribution in [-0.4, -0.2) is 57.2 Å². The number of halogens is 1. The SMILES string of the molecule is CCN(CC)CCCCNC(=O)Cn1nnnc1COc1ccccc1Cl. The summed E-state index contributed by atoms with van der Waals surface area (Å²) < 4.78 is 7.06. The first-order valence-corrected chi connectivity index (χ1v) is 9.63. The van der Waals surface area contributed by atoms with Crippen molar-refractivity contribution in [1.29, 1.82) is 0 Å². The molecule has 0 spiro atoms. The van der Waals surface area contributed by atoms with Gasteiger partial charge < -0.3 is 15.0 Å². The van der Waals surface area contributed by atoms with Crippen LogP contribution < -0.4 is 10.1 Å². The monoisotopic (exact) mass is 394 g/mol. The maximum absolute atomic E-state index is 12.1. The zero-order chi connectivity index (χ0) is 19.5. The lowest BCUT2D eigenvalue weighted by Crippen LogP contribution is -2.30. The van der Waals surface area contributed by atoms with E-state index in [2.05, 4.69) is 39.6 Å². The smallest absolute Gasteiger partial charge is 0.241 e. The van der Waals surface area contributed by atoms with Gasteiger partial charge in [-0.1, -0.05) is 37.6 Å². The number of unbranched alkanes of at least 4 members (excludes halogenated alkanes) is 1. The van der Waals surface area contributed by atoms with E-state index in [4.69, 9.17) is 16.3 Å². The van der Waals surface area contributed by atoms with E-state index in [9.17, 15) is 4.79 Å². The van der Waals surface area contributed by atoms with Crippen LogP contribution in [0, 0.1) is 0 Å². The molecule has 0 atom stereocenters. The Hall–Kier alpha value is -2.19. The maximum Gasteiger partial charge on any atom is 0.241 e. The molecule has 1 heterocycles. The number of nitrogens with zero attached hydrogens (tertiary/aromatic N) is 5. The fourth-order valence-electron chi connectivity index (χ4n) is 2.57. The molecular weight excluding hydrogens is 368 g/mol. The van der Waals surface area contributed by atoms with E-state index in [1.807, 2.05) is 12.1 Å². The molecular formula is C18H27ClN6O2. The average Bonchev–Trinajstić information content (AvgIpc) is 3.11. The van der Waals surface area contributed by atoms with Gasteiger partial charge in [-0.25, -0.2) is 4.68 Å². The van der Waals surface area contributed by atoms with Gasteiger partial charge in [-0.15, -0.1) is 5.10 Å². The first kappa shape index (κ1) is 21.1.